The van der Waals surface area contributed by atoms with E-state index in [0.29, 0.717) is 0 Å². The molecule has 6 nitrogen and oxygen atoms in total. The Morgan fingerprint density at radius 2 is 1.65 bits per heavy atom. The Hall–Kier alpha value is -3.49. The molecular weight excluding hydrogens is 453 g/mol. The van der Waals surface area contributed by atoms with Gasteiger partial charge in [-0.1, -0.05) is 19.9 Å². The smallest absolute Gasteiger partial charge is 0.453 e. The molecule has 182 valence electrons. The summed E-state index contributed by atoms with van der Waals surface area (Å²) >= 11 is 0. The van der Waals surface area contributed by atoms with E-state index < -0.39 is 35.2 Å². The molecule has 0 radical (unpaired) electrons. The molecule has 0 aliphatic carbocycles. The van der Waals surface area contributed by atoms with Crippen LogP contribution in [0, 0.1) is 19.8 Å². The van der Waals surface area contributed by atoms with Crippen LogP contribution in [0.2, 0.25) is 0 Å². The molecule has 34 heavy (non-hydrogen) atoms. The van der Waals surface area contributed by atoms with Gasteiger partial charge in [0, 0.05) is 6.07 Å². The number of carbonyl (C=O) groups excluding carboxylic acids is 1. The topological polar surface area (TPSA) is 75.0 Å². The van der Waals surface area contributed by atoms with Crippen LogP contribution in [0.5, 0.6) is 17.2 Å². The van der Waals surface area contributed by atoms with Gasteiger partial charge in [0.25, 0.3) is 5.76 Å². The van der Waals surface area contributed by atoms with Crippen LogP contribution in [0.25, 0.3) is 11.0 Å². The molecule has 2 aromatic carbocycles. The summed E-state index contributed by atoms with van der Waals surface area (Å²) in [4.78, 5) is 25.0. The summed E-state index contributed by atoms with van der Waals surface area (Å²) < 4.78 is 62.4. The molecule has 1 atom stereocenters. The van der Waals surface area contributed by atoms with E-state index in [9.17, 15) is 22.8 Å². The number of hydrogen-bond donors (Lipinski definition) is 0. The number of benzene rings is 2. The Kier molecular flexibility index (Phi) is 7.24. The second-order valence-corrected chi connectivity index (χ2v) is 8.45. The van der Waals surface area contributed by atoms with Crippen molar-refractivity contribution < 1.29 is 36.6 Å². The monoisotopic (exact) mass is 478 g/mol. The van der Waals surface area contributed by atoms with Crippen molar-refractivity contribution in [3.63, 3.8) is 0 Å². The number of hydrogen-bond acceptors (Lipinski definition) is 6. The molecule has 1 heterocycles. The van der Waals surface area contributed by atoms with Crippen LogP contribution < -0.4 is 14.9 Å². The highest BCUT2D eigenvalue weighted by molar-refractivity contribution is 5.80. The molecule has 1 aromatic heterocycles. The molecule has 0 unspecified atom stereocenters. The van der Waals surface area contributed by atoms with E-state index in [4.69, 9.17) is 18.6 Å². The molecule has 0 saturated carbocycles. The highest BCUT2D eigenvalue weighted by atomic mass is 19.4. The third-order valence-corrected chi connectivity index (χ3v) is 4.70. The Balaban J connectivity index is 2.00. The highest BCUT2D eigenvalue weighted by Gasteiger charge is 2.40. The van der Waals surface area contributed by atoms with E-state index in [0.717, 1.165) is 17.2 Å². The standard InChI is InChI=1S/C25H25F3O6/c1-13(2)12-31-24(30)16(5)32-17-6-7-19-20(11-17)34-23(25(26,27)28)22(21(19)29)33-18-9-14(3)8-15(4)10-18/h6-11,13,16H,12H2,1-5H3/t16-/m1/s1. The number of halogens is 3. The summed E-state index contributed by atoms with van der Waals surface area (Å²) in [5.74, 6) is -2.88. The Morgan fingerprint density at radius 1 is 1.00 bits per heavy atom. The lowest BCUT2D eigenvalue weighted by Crippen LogP contribution is -2.27. The average Bonchev–Trinajstić information content (AvgIpc) is 2.72. The summed E-state index contributed by atoms with van der Waals surface area (Å²) in [6.45, 7) is 8.92. The van der Waals surface area contributed by atoms with Gasteiger partial charge < -0.3 is 18.6 Å². The third-order valence-electron chi connectivity index (χ3n) is 4.70. The maximum absolute atomic E-state index is 13.8. The SMILES string of the molecule is Cc1cc(C)cc(Oc2c(C(F)(F)F)oc3cc(O[C@H](C)C(=O)OCC(C)C)ccc3c2=O)c1. The van der Waals surface area contributed by atoms with Crippen LogP contribution in [0.3, 0.4) is 0 Å². The maximum atomic E-state index is 13.8. The zero-order valence-corrected chi connectivity index (χ0v) is 19.4. The molecule has 0 amide bonds. The largest absolute Gasteiger partial charge is 0.479 e. The van der Waals surface area contributed by atoms with Crippen molar-refractivity contribution in [3.05, 3.63) is 63.5 Å². The molecular formula is C25H25F3O6. The minimum atomic E-state index is -4.99. The fraction of sp³-hybridized carbons (Fsp3) is 0.360. The first-order valence-electron chi connectivity index (χ1n) is 10.6. The molecule has 3 rings (SSSR count). The molecule has 0 fully saturated rings. The Morgan fingerprint density at radius 3 is 2.24 bits per heavy atom. The van der Waals surface area contributed by atoms with Crippen molar-refractivity contribution in [1.82, 2.24) is 0 Å². The van der Waals surface area contributed by atoms with Crippen LogP contribution in [0.4, 0.5) is 13.2 Å². The number of aryl methyl sites for hydroxylation is 2. The van der Waals surface area contributed by atoms with Crippen molar-refractivity contribution in [2.45, 2.75) is 46.9 Å². The van der Waals surface area contributed by atoms with Crippen LogP contribution in [-0.4, -0.2) is 18.7 Å². The van der Waals surface area contributed by atoms with Gasteiger partial charge in [0.1, 0.15) is 17.1 Å². The van der Waals surface area contributed by atoms with Gasteiger partial charge in [-0.2, -0.15) is 13.2 Å². The van der Waals surface area contributed by atoms with Crippen LogP contribution in [0.1, 0.15) is 37.7 Å². The van der Waals surface area contributed by atoms with E-state index in [-0.39, 0.29) is 35.0 Å². The van der Waals surface area contributed by atoms with Gasteiger partial charge in [-0.3, -0.25) is 4.79 Å². The first kappa shape index (κ1) is 25.1. The van der Waals surface area contributed by atoms with Gasteiger partial charge in [0.05, 0.1) is 12.0 Å². The fourth-order valence-electron chi connectivity index (χ4n) is 3.24. The zero-order valence-electron chi connectivity index (χ0n) is 19.4. The summed E-state index contributed by atoms with van der Waals surface area (Å²) in [5, 5.41) is -0.130. The van der Waals surface area contributed by atoms with Crippen molar-refractivity contribution in [2.75, 3.05) is 6.61 Å². The van der Waals surface area contributed by atoms with Gasteiger partial charge in [-0.05, 0) is 62.1 Å². The number of rotatable bonds is 7. The second-order valence-electron chi connectivity index (χ2n) is 8.45. The molecule has 3 aromatic rings. The molecule has 9 heteroatoms. The van der Waals surface area contributed by atoms with Gasteiger partial charge in [0.15, 0.2) is 6.10 Å². The predicted molar refractivity (Wildman–Crippen MR) is 119 cm³/mol. The predicted octanol–water partition coefficient (Wildman–Crippen LogP) is 6.19. The highest BCUT2D eigenvalue weighted by Crippen LogP contribution is 2.39. The van der Waals surface area contributed by atoms with E-state index in [1.807, 2.05) is 19.9 Å². The first-order valence-corrected chi connectivity index (χ1v) is 10.6. The number of alkyl halides is 3. The minimum Gasteiger partial charge on any atom is -0.479 e. The van der Waals surface area contributed by atoms with Crippen LogP contribution in [-0.2, 0) is 15.7 Å². The average molecular weight is 478 g/mol. The minimum absolute atomic E-state index is 0.0424. The third kappa shape index (κ3) is 5.89. The lowest BCUT2D eigenvalue weighted by molar-refractivity contribution is -0.154. The van der Waals surface area contributed by atoms with Crippen molar-refractivity contribution >= 4 is 16.9 Å². The lowest BCUT2D eigenvalue weighted by Gasteiger charge is -2.16. The molecule has 0 aliphatic rings. The summed E-state index contributed by atoms with van der Waals surface area (Å²) in [7, 11) is 0. The van der Waals surface area contributed by atoms with Gasteiger partial charge in [-0.15, -0.1) is 0 Å². The number of esters is 1. The molecule has 0 aliphatic heterocycles. The van der Waals surface area contributed by atoms with Crippen molar-refractivity contribution in [1.29, 1.82) is 0 Å². The van der Waals surface area contributed by atoms with Gasteiger partial charge in [0.2, 0.25) is 11.2 Å². The summed E-state index contributed by atoms with van der Waals surface area (Å²) in [6.07, 6.45) is -6.01. The molecule has 0 saturated heterocycles. The lowest BCUT2D eigenvalue weighted by atomic mass is 10.1. The second kappa shape index (κ2) is 9.79. The Bertz CT molecular complexity index is 1240. The number of ether oxygens (including phenoxy) is 3. The molecule has 0 N–H and O–H groups in total. The molecule has 0 bridgehead atoms. The zero-order chi connectivity index (χ0) is 25.2. The maximum Gasteiger partial charge on any atom is 0.453 e. The van der Waals surface area contributed by atoms with Crippen LogP contribution in [0.15, 0.2) is 45.6 Å². The van der Waals surface area contributed by atoms with E-state index in [2.05, 4.69) is 0 Å². The first-order chi connectivity index (χ1) is 15.8. The number of fused-ring (bicyclic) bond motifs is 1. The van der Waals surface area contributed by atoms with Crippen molar-refractivity contribution in [2.24, 2.45) is 5.92 Å². The normalized spacial score (nSPS) is 12.6. The van der Waals surface area contributed by atoms with Gasteiger partial charge >= 0.3 is 12.1 Å². The number of carbonyl (C=O) groups is 1. The summed E-state index contributed by atoms with van der Waals surface area (Å²) in [5.41, 5.74) is 0.183. The molecule has 0 spiro atoms. The van der Waals surface area contributed by atoms with E-state index >= 15 is 0 Å². The Labute approximate surface area is 194 Å². The quantitative estimate of drug-likeness (QED) is 0.377. The van der Waals surface area contributed by atoms with Gasteiger partial charge in [-0.25, -0.2) is 4.79 Å². The van der Waals surface area contributed by atoms with E-state index in [1.54, 1.807) is 13.8 Å². The van der Waals surface area contributed by atoms with Crippen molar-refractivity contribution in [3.8, 4) is 17.2 Å². The van der Waals surface area contributed by atoms with Crippen LogP contribution >= 0.6 is 0 Å². The fourth-order valence-corrected chi connectivity index (χ4v) is 3.24. The van der Waals surface area contributed by atoms with E-state index in [1.165, 1.54) is 31.2 Å². The summed E-state index contributed by atoms with van der Waals surface area (Å²) in [6, 6.07) is 8.61.